The van der Waals surface area contributed by atoms with E-state index >= 15 is 0 Å². The number of hydrogen-bond acceptors (Lipinski definition) is 1. The van der Waals surface area contributed by atoms with Gasteiger partial charge < -0.3 is 4.57 Å². The number of hydrogen-bond donors (Lipinski definition) is 0. The highest BCUT2D eigenvalue weighted by molar-refractivity contribution is 6.31. The summed E-state index contributed by atoms with van der Waals surface area (Å²) in [6.45, 7) is 6.55. The number of imidazole rings is 1. The summed E-state index contributed by atoms with van der Waals surface area (Å²) >= 11 is 12.0. The van der Waals surface area contributed by atoms with Crippen LogP contribution in [0, 0.1) is 0 Å². The molecular formula is C13H16Cl2N2. The zero-order chi connectivity index (χ0) is 12.6. The fraction of sp³-hybridized carbons (Fsp3) is 0.462. The second-order valence-electron chi connectivity index (χ2n) is 4.80. The summed E-state index contributed by atoms with van der Waals surface area (Å²) in [6.07, 6.45) is 1.02. The summed E-state index contributed by atoms with van der Waals surface area (Å²) in [4.78, 5) is 4.55. The Morgan fingerprint density at radius 3 is 2.65 bits per heavy atom. The van der Waals surface area contributed by atoms with Gasteiger partial charge >= 0.3 is 0 Å². The molecule has 2 rings (SSSR count). The highest BCUT2D eigenvalue weighted by Gasteiger charge is 2.23. The van der Waals surface area contributed by atoms with E-state index in [1.54, 1.807) is 0 Å². The summed E-state index contributed by atoms with van der Waals surface area (Å²) < 4.78 is 2.21. The van der Waals surface area contributed by atoms with Gasteiger partial charge in [-0.25, -0.2) is 4.98 Å². The van der Waals surface area contributed by atoms with Gasteiger partial charge in [0.25, 0.3) is 0 Å². The third-order valence-corrected chi connectivity index (χ3v) is 3.75. The minimum atomic E-state index is 0.00675. The van der Waals surface area contributed by atoms with Crippen LogP contribution in [0.2, 0.25) is 5.02 Å². The maximum Gasteiger partial charge on any atom is 0.125 e. The summed E-state index contributed by atoms with van der Waals surface area (Å²) in [5.74, 6) is 1.31. The predicted molar refractivity (Wildman–Crippen MR) is 73.9 cm³/mol. The van der Waals surface area contributed by atoms with Crippen molar-refractivity contribution in [2.24, 2.45) is 0 Å². The quantitative estimate of drug-likeness (QED) is 0.747. The van der Waals surface area contributed by atoms with Crippen molar-refractivity contribution in [3.05, 3.63) is 29.0 Å². The lowest BCUT2D eigenvalue weighted by Gasteiger charge is -2.27. The first-order valence-corrected chi connectivity index (χ1v) is 6.64. The lowest BCUT2D eigenvalue weighted by atomic mass is 10.0. The van der Waals surface area contributed by atoms with Crippen LogP contribution in [0.1, 0.15) is 33.0 Å². The Morgan fingerprint density at radius 2 is 2.06 bits per heavy atom. The first-order chi connectivity index (χ1) is 7.99. The average Bonchev–Trinajstić information content (AvgIpc) is 2.67. The molecule has 1 aromatic carbocycles. The maximum absolute atomic E-state index is 5.99. The standard InChI is InChI=1S/C13H16Cl2N2/c1-4-13(2,3)17-11-6-5-9(15)7-10(11)16-12(17)8-14/h5-7H,4,8H2,1-3H3. The van der Waals surface area contributed by atoms with Crippen molar-refractivity contribution in [1.29, 1.82) is 0 Å². The minimum absolute atomic E-state index is 0.00675. The van der Waals surface area contributed by atoms with Gasteiger partial charge in [-0.3, -0.25) is 0 Å². The van der Waals surface area contributed by atoms with Gasteiger partial charge in [-0.15, -0.1) is 11.6 Å². The van der Waals surface area contributed by atoms with Crippen LogP contribution in [-0.4, -0.2) is 9.55 Å². The van der Waals surface area contributed by atoms with Crippen LogP contribution >= 0.6 is 23.2 Å². The van der Waals surface area contributed by atoms with Gasteiger partial charge in [0.2, 0.25) is 0 Å². The zero-order valence-electron chi connectivity index (χ0n) is 10.3. The second kappa shape index (κ2) is 4.51. The van der Waals surface area contributed by atoms with Crippen molar-refractivity contribution in [2.45, 2.75) is 38.6 Å². The topological polar surface area (TPSA) is 17.8 Å². The lowest BCUT2D eigenvalue weighted by molar-refractivity contribution is 0.344. The Labute approximate surface area is 112 Å². The lowest BCUT2D eigenvalue weighted by Crippen LogP contribution is -2.26. The highest BCUT2D eigenvalue weighted by Crippen LogP contribution is 2.29. The van der Waals surface area contributed by atoms with Gasteiger partial charge in [-0.1, -0.05) is 18.5 Å². The molecule has 1 heterocycles. The van der Waals surface area contributed by atoms with E-state index < -0.39 is 0 Å². The molecule has 2 nitrogen and oxygen atoms in total. The molecule has 0 aliphatic carbocycles. The van der Waals surface area contributed by atoms with Gasteiger partial charge in [0.15, 0.2) is 0 Å². The maximum atomic E-state index is 5.99. The molecule has 1 aromatic heterocycles. The average molecular weight is 271 g/mol. The second-order valence-corrected chi connectivity index (χ2v) is 5.50. The van der Waals surface area contributed by atoms with Crippen molar-refractivity contribution in [2.75, 3.05) is 0 Å². The first kappa shape index (κ1) is 12.7. The summed E-state index contributed by atoms with van der Waals surface area (Å²) in [7, 11) is 0. The number of aromatic nitrogens is 2. The van der Waals surface area contributed by atoms with E-state index in [0.717, 1.165) is 23.3 Å². The molecule has 0 atom stereocenters. The molecule has 17 heavy (non-hydrogen) atoms. The largest absolute Gasteiger partial charge is 0.321 e. The van der Waals surface area contributed by atoms with Gasteiger partial charge in [-0.2, -0.15) is 0 Å². The fourth-order valence-electron chi connectivity index (χ4n) is 2.03. The van der Waals surface area contributed by atoms with Crippen LogP contribution in [0.4, 0.5) is 0 Å². The van der Waals surface area contributed by atoms with E-state index in [9.17, 15) is 0 Å². The van der Waals surface area contributed by atoms with E-state index in [2.05, 4.69) is 30.3 Å². The van der Waals surface area contributed by atoms with E-state index in [-0.39, 0.29) is 5.54 Å². The summed E-state index contributed by atoms with van der Waals surface area (Å²) in [5.41, 5.74) is 2.01. The van der Waals surface area contributed by atoms with Crippen LogP contribution in [-0.2, 0) is 11.4 Å². The molecule has 0 N–H and O–H groups in total. The van der Waals surface area contributed by atoms with Crippen LogP contribution in [0.15, 0.2) is 18.2 Å². The van der Waals surface area contributed by atoms with E-state index in [0.29, 0.717) is 10.9 Å². The van der Waals surface area contributed by atoms with Crippen molar-refractivity contribution in [3.8, 4) is 0 Å². The molecule has 0 aliphatic rings. The van der Waals surface area contributed by atoms with Crippen LogP contribution < -0.4 is 0 Å². The fourth-order valence-corrected chi connectivity index (χ4v) is 2.37. The third-order valence-electron chi connectivity index (χ3n) is 3.28. The highest BCUT2D eigenvalue weighted by atomic mass is 35.5. The van der Waals surface area contributed by atoms with Crippen molar-refractivity contribution >= 4 is 34.2 Å². The molecule has 4 heteroatoms. The molecule has 0 spiro atoms. The van der Waals surface area contributed by atoms with Crippen molar-refractivity contribution in [3.63, 3.8) is 0 Å². The summed E-state index contributed by atoms with van der Waals surface area (Å²) in [6, 6.07) is 5.79. The first-order valence-electron chi connectivity index (χ1n) is 5.73. The molecule has 0 aliphatic heterocycles. The van der Waals surface area contributed by atoms with Crippen LogP contribution in [0.3, 0.4) is 0 Å². The molecule has 0 saturated carbocycles. The number of fused-ring (bicyclic) bond motifs is 1. The molecule has 0 amide bonds. The Balaban J connectivity index is 2.75. The van der Waals surface area contributed by atoms with Gasteiger partial charge in [0, 0.05) is 10.6 Å². The van der Waals surface area contributed by atoms with E-state index in [4.69, 9.17) is 23.2 Å². The zero-order valence-corrected chi connectivity index (χ0v) is 11.8. The van der Waals surface area contributed by atoms with Gasteiger partial charge in [0.1, 0.15) is 5.82 Å². The van der Waals surface area contributed by atoms with Gasteiger partial charge in [-0.05, 0) is 38.5 Å². The van der Waals surface area contributed by atoms with E-state index in [1.807, 2.05) is 18.2 Å². The number of rotatable bonds is 3. The molecule has 0 unspecified atom stereocenters. The number of alkyl halides is 1. The summed E-state index contributed by atoms with van der Waals surface area (Å²) in [5, 5.41) is 0.706. The SMILES string of the molecule is CCC(C)(C)n1c(CCl)nc2cc(Cl)ccc21. The minimum Gasteiger partial charge on any atom is -0.321 e. The van der Waals surface area contributed by atoms with Crippen LogP contribution in [0.25, 0.3) is 11.0 Å². The number of benzene rings is 1. The molecule has 0 radical (unpaired) electrons. The van der Waals surface area contributed by atoms with Crippen molar-refractivity contribution in [1.82, 2.24) is 9.55 Å². The van der Waals surface area contributed by atoms with Crippen LogP contribution in [0.5, 0.6) is 0 Å². The molecular weight excluding hydrogens is 255 g/mol. The Hall–Kier alpha value is -0.730. The molecule has 2 aromatic rings. The van der Waals surface area contributed by atoms with E-state index in [1.165, 1.54) is 0 Å². The smallest absolute Gasteiger partial charge is 0.125 e. The number of nitrogens with zero attached hydrogens (tertiary/aromatic N) is 2. The normalized spacial score (nSPS) is 12.3. The number of halogens is 2. The van der Waals surface area contributed by atoms with Gasteiger partial charge in [0.05, 0.1) is 16.9 Å². The Morgan fingerprint density at radius 1 is 1.35 bits per heavy atom. The Bertz CT molecular complexity index is 544. The molecule has 0 saturated heterocycles. The molecule has 0 bridgehead atoms. The van der Waals surface area contributed by atoms with Crippen molar-refractivity contribution < 1.29 is 0 Å². The molecule has 92 valence electrons. The predicted octanol–water partition coefficient (Wildman–Crippen LogP) is 4.57. The Kier molecular flexibility index (Phi) is 3.37. The third kappa shape index (κ3) is 2.16. The monoisotopic (exact) mass is 270 g/mol. The molecule has 0 fully saturated rings.